The molecule has 0 unspecified atom stereocenters. The summed E-state index contributed by atoms with van der Waals surface area (Å²) in [4.78, 5) is 15.2. The minimum atomic E-state index is -0.192. The van der Waals surface area contributed by atoms with E-state index < -0.39 is 0 Å². The third kappa shape index (κ3) is 4.44. The fourth-order valence-corrected chi connectivity index (χ4v) is 9.06. The largest absolute Gasteiger partial charge is 0.508 e. The molecule has 3 aromatic rings. The fourth-order valence-electron chi connectivity index (χ4n) is 9.06. The predicted molar refractivity (Wildman–Crippen MR) is 162 cm³/mol. The number of phenolic OH excluding ortho intramolecular Hbond substituents is 1. The Labute approximate surface area is 247 Å². The van der Waals surface area contributed by atoms with Crippen LogP contribution in [0.3, 0.4) is 0 Å². The first kappa shape index (κ1) is 26.6. The number of anilines is 1. The molecule has 7 nitrogen and oxygen atoms in total. The second-order valence-electron chi connectivity index (χ2n) is 13.4. The topological polar surface area (TPSA) is 73.8 Å². The van der Waals surface area contributed by atoms with Crippen LogP contribution in [0.2, 0.25) is 0 Å². The highest BCUT2D eigenvalue weighted by molar-refractivity contribution is 5.98. The Hall–Kier alpha value is -2.97. The van der Waals surface area contributed by atoms with Crippen LogP contribution in [0.1, 0.15) is 86.7 Å². The summed E-state index contributed by atoms with van der Waals surface area (Å²) in [7, 11) is 0. The lowest BCUT2D eigenvalue weighted by atomic mass is 9.85. The van der Waals surface area contributed by atoms with Crippen molar-refractivity contribution in [2.24, 2.45) is 0 Å². The Kier molecular flexibility index (Phi) is 6.56. The molecule has 2 aromatic carbocycles. The first-order valence-corrected chi connectivity index (χ1v) is 16.2. The summed E-state index contributed by atoms with van der Waals surface area (Å²) in [5.74, 6) is 0.429. The van der Waals surface area contributed by atoms with Crippen molar-refractivity contribution in [1.82, 2.24) is 20.2 Å². The van der Waals surface area contributed by atoms with Crippen LogP contribution in [-0.4, -0.2) is 63.8 Å². The van der Waals surface area contributed by atoms with Crippen molar-refractivity contribution < 1.29 is 14.2 Å². The van der Waals surface area contributed by atoms with Gasteiger partial charge in [0, 0.05) is 41.7 Å². The highest BCUT2D eigenvalue weighted by Crippen LogP contribution is 2.43. The van der Waals surface area contributed by atoms with Gasteiger partial charge in [-0.15, -0.1) is 0 Å². The van der Waals surface area contributed by atoms with Crippen molar-refractivity contribution in [3.05, 3.63) is 52.6 Å². The van der Waals surface area contributed by atoms with Crippen molar-refractivity contribution in [2.45, 2.75) is 101 Å². The van der Waals surface area contributed by atoms with Gasteiger partial charge >= 0.3 is 6.01 Å². The third-order valence-corrected chi connectivity index (χ3v) is 11.0. The maximum atomic E-state index is 15.0. The Balaban J connectivity index is 1.17. The molecule has 4 fully saturated rings. The monoisotopic (exact) mass is 571 g/mol. The second kappa shape index (κ2) is 10.3. The average molecular weight is 572 g/mol. The zero-order valence-corrected chi connectivity index (χ0v) is 24.7. The van der Waals surface area contributed by atoms with Gasteiger partial charge in [-0.05, 0) is 106 Å². The molecule has 0 amide bonds. The van der Waals surface area contributed by atoms with Crippen molar-refractivity contribution in [2.75, 3.05) is 31.1 Å². The van der Waals surface area contributed by atoms with Gasteiger partial charge in [0.15, 0.2) is 0 Å². The summed E-state index contributed by atoms with van der Waals surface area (Å²) in [5.41, 5.74) is 5.20. The molecule has 5 aliphatic rings. The molecule has 42 heavy (non-hydrogen) atoms. The molecule has 2 N–H and O–H groups in total. The van der Waals surface area contributed by atoms with Crippen LogP contribution in [0.25, 0.3) is 10.8 Å². The normalized spacial score (nSPS) is 26.5. The zero-order chi connectivity index (χ0) is 28.4. The van der Waals surface area contributed by atoms with Gasteiger partial charge in [-0.25, -0.2) is 4.39 Å². The highest BCUT2D eigenvalue weighted by atomic mass is 19.1. The first-order chi connectivity index (χ1) is 20.5. The maximum absolute atomic E-state index is 15.0. The predicted octanol–water partition coefficient (Wildman–Crippen LogP) is 5.60. The van der Waals surface area contributed by atoms with Gasteiger partial charge in [0.2, 0.25) is 0 Å². The molecular formula is C34H42FN5O2. The molecular weight excluding hydrogens is 529 g/mol. The Morgan fingerprint density at radius 1 is 1.07 bits per heavy atom. The number of aromatic nitrogens is 2. The molecule has 5 aliphatic heterocycles. The number of ether oxygens (including phenoxy) is 1. The van der Waals surface area contributed by atoms with Crippen LogP contribution in [0.15, 0.2) is 24.3 Å². The van der Waals surface area contributed by atoms with E-state index in [2.05, 4.69) is 15.1 Å². The SMILES string of the molecule is CCc1c(F)ccc2cc(O)cc(N3CCc4c(nc(OCC56CCCN5CCC6)nc4[C@@H]4C[C@H]5CC[C@@H](C4)N5)C3)c12. The summed E-state index contributed by atoms with van der Waals surface area (Å²) in [6.45, 7) is 6.36. The fraction of sp³-hybridized carbons (Fsp3) is 0.588. The number of nitrogens with zero attached hydrogens (tertiary/aromatic N) is 4. The van der Waals surface area contributed by atoms with Crippen molar-refractivity contribution in [1.29, 1.82) is 0 Å². The van der Waals surface area contributed by atoms with Crippen LogP contribution in [0, 0.1) is 5.82 Å². The van der Waals surface area contributed by atoms with E-state index in [1.807, 2.05) is 6.92 Å². The van der Waals surface area contributed by atoms with E-state index in [9.17, 15) is 9.50 Å². The lowest BCUT2D eigenvalue weighted by molar-refractivity contribution is 0.107. The molecule has 3 atom stereocenters. The molecule has 1 aromatic heterocycles. The summed E-state index contributed by atoms with van der Waals surface area (Å²) < 4.78 is 21.5. The first-order valence-electron chi connectivity index (χ1n) is 16.2. The van der Waals surface area contributed by atoms with E-state index in [1.54, 1.807) is 18.2 Å². The molecule has 0 saturated carbocycles. The zero-order valence-electron chi connectivity index (χ0n) is 24.7. The number of phenols is 1. The number of halogens is 1. The number of aromatic hydroxyl groups is 1. The molecule has 0 aliphatic carbocycles. The minimum absolute atomic E-state index is 0.139. The lowest BCUT2D eigenvalue weighted by Crippen LogP contribution is -2.43. The molecule has 222 valence electrons. The Bertz CT molecular complexity index is 1510. The molecule has 8 heteroatoms. The molecule has 2 bridgehead atoms. The van der Waals surface area contributed by atoms with Crippen molar-refractivity contribution in [3.63, 3.8) is 0 Å². The van der Waals surface area contributed by atoms with E-state index in [4.69, 9.17) is 14.7 Å². The van der Waals surface area contributed by atoms with Gasteiger partial charge in [-0.2, -0.15) is 9.97 Å². The number of benzene rings is 2. The smallest absolute Gasteiger partial charge is 0.316 e. The molecule has 8 rings (SSSR count). The van der Waals surface area contributed by atoms with E-state index in [-0.39, 0.29) is 17.1 Å². The van der Waals surface area contributed by atoms with Gasteiger partial charge in [-0.1, -0.05) is 13.0 Å². The van der Waals surface area contributed by atoms with Crippen LogP contribution in [0.4, 0.5) is 10.1 Å². The van der Waals surface area contributed by atoms with E-state index in [0.717, 1.165) is 48.0 Å². The number of fused-ring (bicyclic) bond motifs is 5. The number of nitrogens with one attached hydrogen (secondary N) is 1. The van der Waals surface area contributed by atoms with Gasteiger partial charge in [0.1, 0.15) is 18.2 Å². The van der Waals surface area contributed by atoms with Gasteiger partial charge in [0.05, 0.1) is 23.5 Å². The summed E-state index contributed by atoms with van der Waals surface area (Å²) in [5, 5.41) is 16.2. The van der Waals surface area contributed by atoms with Crippen LogP contribution in [0.5, 0.6) is 11.8 Å². The third-order valence-electron chi connectivity index (χ3n) is 11.0. The van der Waals surface area contributed by atoms with Crippen molar-refractivity contribution in [3.8, 4) is 11.8 Å². The minimum Gasteiger partial charge on any atom is -0.508 e. The number of aryl methyl sites for hydroxylation is 1. The number of hydrogen-bond donors (Lipinski definition) is 2. The van der Waals surface area contributed by atoms with Crippen LogP contribution in [-0.2, 0) is 19.4 Å². The van der Waals surface area contributed by atoms with Gasteiger partial charge in [0.25, 0.3) is 0 Å². The molecule has 6 heterocycles. The Morgan fingerprint density at radius 3 is 2.62 bits per heavy atom. The molecule has 4 saturated heterocycles. The second-order valence-corrected chi connectivity index (χ2v) is 13.4. The standard InChI is InChI=1S/C34H42FN5O2/c1-2-26-28(35)8-5-21-17-25(41)18-30(31(21)26)39-14-9-27-29(19-39)37-33(42-20-34-10-3-12-40(34)13-4-11-34)38-32(27)22-15-23-6-7-24(16-22)36-23/h5,8,17-18,22-24,36,41H,2-4,6-7,9-16,19-20H2,1H3/t22-,23-,24+. The molecule has 0 spiro atoms. The summed E-state index contributed by atoms with van der Waals surface area (Å²) in [6, 6.07) is 8.50. The van der Waals surface area contributed by atoms with Gasteiger partial charge in [-0.3, -0.25) is 4.90 Å². The molecule has 0 radical (unpaired) electrons. The highest BCUT2D eigenvalue weighted by Gasteiger charge is 2.45. The quantitative estimate of drug-likeness (QED) is 0.399. The van der Waals surface area contributed by atoms with Crippen LogP contribution < -0.4 is 15.0 Å². The average Bonchev–Trinajstić information content (AvgIpc) is 3.68. The van der Waals surface area contributed by atoms with E-state index in [0.29, 0.717) is 49.1 Å². The summed E-state index contributed by atoms with van der Waals surface area (Å²) in [6.07, 6.45) is 11.0. The number of rotatable bonds is 6. The van der Waals surface area contributed by atoms with Crippen LogP contribution >= 0.6 is 0 Å². The lowest BCUT2D eigenvalue weighted by Gasteiger charge is -2.35. The Morgan fingerprint density at radius 2 is 1.86 bits per heavy atom. The number of hydrogen-bond acceptors (Lipinski definition) is 7. The van der Waals surface area contributed by atoms with E-state index >= 15 is 0 Å². The van der Waals surface area contributed by atoms with Crippen molar-refractivity contribution >= 4 is 16.5 Å². The van der Waals surface area contributed by atoms with E-state index in [1.165, 1.54) is 68.9 Å². The number of piperidine rings is 1. The maximum Gasteiger partial charge on any atom is 0.316 e. The summed E-state index contributed by atoms with van der Waals surface area (Å²) >= 11 is 0. The van der Waals surface area contributed by atoms with Gasteiger partial charge < -0.3 is 20.1 Å².